The highest BCUT2D eigenvalue weighted by atomic mass is 32.2. The average Bonchev–Trinajstić information content (AvgIpc) is 2.67. The fourth-order valence-electron chi connectivity index (χ4n) is 2.33. The van der Waals surface area contributed by atoms with Crippen LogP contribution in [-0.4, -0.2) is 6.54 Å². The number of para-hydroxylation sites is 1. The molecular weight excluding hydrogens is 256 g/mol. The van der Waals surface area contributed by atoms with Gasteiger partial charge in [0.2, 0.25) is 0 Å². The van der Waals surface area contributed by atoms with Crippen LogP contribution in [0.15, 0.2) is 64.8 Å². The Kier molecular flexibility index (Phi) is 3.51. The van der Waals surface area contributed by atoms with Crippen LogP contribution >= 0.6 is 11.8 Å². The number of nitrogens with zero attached hydrogens (tertiary/aromatic N) is 2. The van der Waals surface area contributed by atoms with Crippen LogP contribution in [0.25, 0.3) is 0 Å². The van der Waals surface area contributed by atoms with Crippen LogP contribution in [0.5, 0.6) is 0 Å². The first-order valence-corrected chi connectivity index (χ1v) is 7.18. The lowest BCUT2D eigenvalue weighted by Gasteiger charge is -2.14. The molecule has 0 aliphatic carbocycles. The zero-order chi connectivity index (χ0) is 13.1. The molecule has 4 heteroatoms. The average molecular weight is 270 g/mol. The van der Waals surface area contributed by atoms with E-state index in [1.807, 2.05) is 36.0 Å². The van der Waals surface area contributed by atoms with E-state index >= 15 is 0 Å². The second kappa shape index (κ2) is 5.45. The fraction of sp³-hybridized carbons (Fsp3) is 0.200. The molecule has 0 N–H and O–H groups in total. The molecule has 2 aromatic carbocycles. The summed E-state index contributed by atoms with van der Waals surface area (Å²) in [5.74, 6) is 0. The predicted molar refractivity (Wildman–Crippen MR) is 79.2 cm³/mol. The van der Waals surface area contributed by atoms with Crippen molar-refractivity contribution in [2.24, 2.45) is 5.29 Å². The number of thioether (sulfide) groups is 1. The van der Waals surface area contributed by atoms with Crippen molar-refractivity contribution in [1.29, 1.82) is 0 Å². The zero-order valence-corrected chi connectivity index (χ0v) is 11.2. The fourth-order valence-corrected chi connectivity index (χ4v) is 3.60. The molecule has 19 heavy (non-hydrogen) atoms. The monoisotopic (exact) mass is 270 g/mol. The molecule has 0 spiro atoms. The summed E-state index contributed by atoms with van der Waals surface area (Å²) in [6.45, 7) is 0.660. The quantitative estimate of drug-likeness (QED) is 0.758. The van der Waals surface area contributed by atoms with E-state index in [9.17, 15) is 4.91 Å². The van der Waals surface area contributed by atoms with Gasteiger partial charge in [0.05, 0.1) is 11.0 Å². The molecule has 0 saturated carbocycles. The minimum Gasteiger partial charge on any atom is -0.228 e. The van der Waals surface area contributed by atoms with Crippen molar-refractivity contribution in [3.63, 3.8) is 0 Å². The van der Waals surface area contributed by atoms with Gasteiger partial charge in [-0.15, -0.1) is 16.7 Å². The van der Waals surface area contributed by atoms with Crippen molar-refractivity contribution in [1.82, 2.24) is 0 Å². The van der Waals surface area contributed by atoms with Gasteiger partial charge in [-0.2, -0.15) is 0 Å². The summed E-state index contributed by atoms with van der Waals surface area (Å²) < 4.78 is 0. The van der Waals surface area contributed by atoms with Crippen molar-refractivity contribution in [3.8, 4) is 0 Å². The molecule has 3 nitrogen and oxygen atoms in total. The highest BCUT2D eigenvalue weighted by molar-refractivity contribution is 7.99. The molecule has 1 aliphatic rings. The Labute approximate surface area is 116 Å². The Morgan fingerprint density at radius 3 is 2.58 bits per heavy atom. The third kappa shape index (κ3) is 2.49. The van der Waals surface area contributed by atoms with Gasteiger partial charge in [-0.3, -0.25) is 0 Å². The molecule has 3 rings (SSSR count). The number of rotatable bonds is 2. The highest BCUT2D eigenvalue weighted by Crippen LogP contribution is 2.44. The molecule has 1 unspecified atom stereocenters. The molecular formula is C15H14N2OS. The van der Waals surface area contributed by atoms with Crippen LogP contribution < -0.4 is 5.01 Å². The van der Waals surface area contributed by atoms with E-state index in [0.29, 0.717) is 11.8 Å². The second-order valence-corrected chi connectivity index (χ2v) is 5.72. The Morgan fingerprint density at radius 1 is 1.05 bits per heavy atom. The summed E-state index contributed by atoms with van der Waals surface area (Å²) in [7, 11) is 0. The molecule has 1 atom stereocenters. The van der Waals surface area contributed by atoms with Crippen molar-refractivity contribution in [3.05, 3.63) is 65.1 Å². The summed E-state index contributed by atoms with van der Waals surface area (Å²) in [6, 6.07) is 18.4. The molecule has 0 saturated heterocycles. The third-order valence-corrected chi connectivity index (χ3v) is 4.68. The van der Waals surface area contributed by atoms with E-state index in [4.69, 9.17) is 0 Å². The molecule has 0 amide bonds. The maximum absolute atomic E-state index is 11.0. The minimum atomic E-state index is 0.370. The number of hydrogen-bond donors (Lipinski definition) is 0. The molecule has 0 aromatic heterocycles. The standard InChI is InChI=1S/C15H14N2OS/c18-16-17-11-10-14(12-6-2-1-3-7-12)19-15-9-5-4-8-13(15)17/h1-9,14H,10-11H2. The molecule has 0 bridgehead atoms. The number of fused-ring (bicyclic) bond motifs is 1. The largest absolute Gasteiger partial charge is 0.228 e. The maximum Gasteiger partial charge on any atom is 0.0762 e. The second-order valence-electron chi connectivity index (χ2n) is 4.48. The molecule has 1 heterocycles. The van der Waals surface area contributed by atoms with Crippen molar-refractivity contribution in [2.75, 3.05) is 11.6 Å². The Hall–Kier alpha value is -1.81. The lowest BCUT2D eigenvalue weighted by atomic mass is 10.1. The number of nitroso groups, excluding NO2 is 1. The van der Waals surface area contributed by atoms with E-state index in [-0.39, 0.29) is 0 Å². The van der Waals surface area contributed by atoms with Crippen molar-refractivity contribution >= 4 is 17.4 Å². The van der Waals surface area contributed by atoms with Gasteiger partial charge in [-0.1, -0.05) is 42.5 Å². The van der Waals surface area contributed by atoms with Gasteiger partial charge in [-0.25, -0.2) is 5.01 Å². The Bertz CT molecular complexity index is 573. The van der Waals surface area contributed by atoms with E-state index in [2.05, 4.69) is 35.6 Å². The van der Waals surface area contributed by atoms with Gasteiger partial charge in [0.15, 0.2) is 0 Å². The lowest BCUT2D eigenvalue weighted by Crippen LogP contribution is -2.16. The van der Waals surface area contributed by atoms with Gasteiger partial charge in [0.25, 0.3) is 0 Å². The van der Waals surface area contributed by atoms with E-state index in [0.717, 1.165) is 17.0 Å². The van der Waals surface area contributed by atoms with Crippen molar-refractivity contribution < 1.29 is 0 Å². The molecule has 2 aromatic rings. The van der Waals surface area contributed by atoms with E-state index in [1.54, 1.807) is 5.01 Å². The molecule has 96 valence electrons. The summed E-state index contributed by atoms with van der Waals surface area (Å²) in [4.78, 5) is 12.1. The SMILES string of the molecule is O=NN1CCC(c2ccccc2)Sc2ccccc21. The Morgan fingerprint density at radius 2 is 1.79 bits per heavy atom. The number of hydrogen-bond acceptors (Lipinski definition) is 3. The molecule has 0 fully saturated rings. The first-order chi connectivity index (χ1) is 9.38. The number of anilines is 1. The summed E-state index contributed by atoms with van der Waals surface area (Å²) >= 11 is 1.81. The number of benzene rings is 2. The highest BCUT2D eigenvalue weighted by Gasteiger charge is 2.23. The van der Waals surface area contributed by atoms with Gasteiger partial charge in [0.1, 0.15) is 0 Å². The summed E-state index contributed by atoms with van der Waals surface area (Å²) in [5, 5.41) is 5.08. The summed E-state index contributed by atoms with van der Waals surface area (Å²) in [5.41, 5.74) is 2.22. The van der Waals surface area contributed by atoms with E-state index in [1.165, 1.54) is 5.56 Å². The smallest absolute Gasteiger partial charge is 0.0762 e. The molecule has 1 aliphatic heterocycles. The predicted octanol–water partition coefficient (Wildman–Crippen LogP) is 4.41. The van der Waals surface area contributed by atoms with Gasteiger partial charge >= 0.3 is 0 Å². The van der Waals surface area contributed by atoms with Crippen LogP contribution in [-0.2, 0) is 0 Å². The third-order valence-electron chi connectivity index (χ3n) is 3.29. The molecule has 0 radical (unpaired) electrons. The first-order valence-electron chi connectivity index (χ1n) is 6.30. The van der Waals surface area contributed by atoms with Crippen LogP contribution in [0.4, 0.5) is 5.69 Å². The zero-order valence-electron chi connectivity index (χ0n) is 10.4. The Balaban J connectivity index is 1.96. The van der Waals surface area contributed by atoms with E-state index < -0.39 is 0 Å². The van der Waals surface area contributed by atoms with Gasteiger partial charge < -0.3 is 0 Å². The normalized spacial score (nSPS) is 18.5. The van der Waals surface area contributed by atoms with Crippen LogP contribution in [0.2, 0.25) is 0 Å². The maximum atomic E-state index is 11.0. The topological polar surface area (TPSA) is 32.7 Å². The van der Waals surface area contributed by atoms with Gasteiger partial charge in [0, 0.05) is 16.7 Å². The first kappa shape index (κ1) is 12.2. The van der Waals surface area contributed by atoms with Gasteiger partial charge in [-0.05, 0) is 24.1 Å². The summed E-state index contributed by atoms with van der Waals surface area (Å²) in [6.07, 6.45) is 0.912. The lowest BCUT2D eigenvalue weighted by molar-refractivity contribution is 0.747. The van der Waals surface area contributed by atoms with Crippen LogP contribution in [0.1, 0.15) is 17.2 Å². The van der Waals surface area contributed by atoms with Crippen molar-refractivity contribution in [2.45, 2.75) is 16.6 Å². The van der Waals surface area contributed by atoms with Crippen LogP contribution in [0, 0.1) is 4.91 Å². The minimum absolute atomic E-state index is 0.370. The van der Waals surface area contributed by atoms with Crippen LogP contribution in [0.3, 0.4) is 0 Å².